The molecule has 0 atom stereocenters. The maximum Gasteiger partial charge on any atom is 0.223 e. The normalized spacial score (nSPS) is 10.6. The number of aromatic nitrogens is 4. The van der Waals surface area contributed by atoms with Crippen LogP contribution in [0.5, 0.6) is 0 Å². The smallest absolute Gasteiger partial charge is 0.223 e. The van der Waals surface area contributed by atoms with Crippen LogP contribution >= 0.6 is 11.6 Å². The topological polar surface area (TPSA) is 81.6 Å². The lowest BCUT2D eigenvalue weighted by atomic mass is 10.1. The molecule has 0 aliphatic rings. The number of rotatable bonds is 5. The van der Waals surface area contributed by atoms with Gasteiger partial charge >= 0.3 is 0 Å². The van der Waals surface area contributed by atoms with E-state index in [0.717, 1.165) is 12.1 Å². The molecule has 0 bridgehead atoms. The van der Waals surface area contributed by atoms with Crippen molar-refractivity contribution in [2.45, 2.75) is 13.1 Å². The molecule has 7 heteroatoms. The zero-order chi connectivity index (χ0) is 15.4. The van der Waals surface area contributed by atoms with Crippen LogP contribution in [0, 0.1) is 0 Å². The van der Waals surface area contributed by atoms with Crippen LogP contribution in [0.1, 0.15) is 11.1 Å². The summed E-state index contributed by atoms with van der Waals surface area (Å²) in [7, 11) is 0. The molecule has 0 unspecified atom stereocenters. The Hall–Kier alpha value is -2.60. The molecule has 3 rings (SSSR count). The highest BCUT2D eigenvalue weighted by molar-refractivity contribution is 6.29. The van der Waals surface area contributed by atoms with Crippen LogP contribution < -0.4 is 11.1 Å². The summed E-state index contributed by atoms with van der Waals surface area (Å²) >= 11 is 5.86. The predicted octanol–water partition coefficient (Wildman–Crippen LogP) is 2.57. The number of hydrogen-bond donors (Lipinski definition) is 2. The van der Waals surface area contributed by atoms with Crippen molar-refractivity contribution >= 4 is 23.4 Å². The number of nitrogens with two attached hydrogens (primary N) is 1. The van der Waals surface area contributed by atoms with Crippen LogP contribution in [0.4, 0.5) is 11.8 Å². The summed E-state index contributed by atoms with van der Waals surface area (Å²) in [5.41, 5.74) is 7.89. The van der Waals surface area contributed by atoms with Gasteiger partial charge in [0.1, 0.15) is 11.0 Å². The zero-order valence-electron chi connectivity index (χ0n) is 11.8. The number of nitrogens with zero attached hydrogens (tertiary/aromatic N) is 4. The predicted molar refractivity (Wildman–Crippen MR) is 86.6 cm³/mol. The minimum Gasteiger partial charge on any atom is -0.368 e. The molecule has 0 amide bonds. The van der Waals surface area contributed by atoms with Crippen LogP contribution in [0.25, 0.3) is 0 Å². The Kier molecular flexibility index (Phi) is 4.20. The summed E-state index contributed by atoms with van der Waals surface area (Å²) in [6.07, 6.45) is 3.71. The largest absolute Gasteiger partial charge is 0.368 e. The van der Waals surface area contributed by atoms with E-state index in [4.69, 9.17) is 17.3 Å². The minimum atomic E-state index is 0.155. The Bertz CT molecular complexity index is 736. The van der Waals surface area contributed by atoms with E-state index in [1.165, 1.54) is 5.56 Å². The molecule has 0 spiro atoms. The SMILES string of the molecule is Nc1nc(Cl)cc(NCc2cccc(Cn3cccn3)c2)n1. The van der Waals surface area contributed by atoms with E-state index < -0.39 is 0 Å². The van der Waals surface area contributed by atoms with Crippen molar-refractivity contribution in [3.8, 4) is 0 Å². The van der Waals surface area contributed by atoms with Gasteiger partial charge in [0.25, 0.3) is 0 Å². The molecule has 0 fully saturated rings. The standard InChI is InChI=1S/C15H15ClN6/c16-13-8-14(21-15(17)20-13)18-9-11-3-1-4-12(7-11)10-22-6-2-5-19-22/h1-8H,9-10H2,(H3,17,18,20,21). The molecule has 6 nitrogen and oxygen atoms in total. The third-order valence-electron chi connectivity index (χ3n) is 3.08. The van der Waals surface area contributed by atoms with E-state index >= 15 is 0 Å². The highest BCUT2D eigenvalue weighted by Gasteiger charge is 2.02. The molecule has 22 heavy (non-hydrogen) atoms. The van der Waals surface area contributed by atoms with Crippen LogP contribution in [-0.2, 0) is 13.1 Å². The Labute approximate surface area is 133 Å². The molecular weight excluding hydrogens is 300 g/mol. The van der Waals surface area contributed by atoms with Crippen molar-refractivity contribution < 1.29 is 0 Å². The van der Waals surface area contributed by atoms with Gasteiger partial charge in [-0.2, -0.15) is 10.1 Å². The Morgan fingerprint density at radius 3 is 2.77 bits per heavy atom. The molecule has 3 aromatic rings. The van der Waals surface area contributed by atoms with Gasteiger partial charge < -0.3 is 11.1 Å². The first-order chi connectivity index (χ1) is 10.7. The van der Waals surface area contributed by atoms with Crippen LogP contribution in [-0.4, -0.2) is 19.7 Å². The van der Waals surface area contributed by atoms with Crippen LogP contribution in [0.3, 0.4) is 0 Å². The van der Waals surface area contributed by atoms with Crippen molar-refractivity contribution in [2.75, 3.05) is 11.1 Å². The van der Waals surface area contributed by atoms with Gasteiger partial charge in [-0.15, -0.1) is 0 Å². The van der Waals surface area contributed by atoms with E-state index in [-0.39, 0.29) is 5.95 Å². The van der Waals surface area contributed by atoms with E-state index in [0.29, 0.717) is 17.5 Å². The summed E-state index contributed by atoms with van der Waals surface area (Å²) in [6, 6.07) is 11.8. The van der Waals surface area contributed by atoms with Gasteiger partial charge in [-0.05, 0) is 17.2 Å². The van der Waals surface area contributed by atoms with Crippen molar-refractivity contribution in [2.24, 2.45) is 0 Å². The lowest BCUT2D eigenvalue weighted by Gasteiger charge is -2.08. The zero-order valence-corrected chi connectivity index (χ0v) is 12.5. The average Bonchev–Trinajstić information content (AvgIpc) is 2.97. The highest BCUT2D eigenvalue weighted by Crippen LogP contribution is 2.14. The summed E-state index contributed by atoms with van der Waals surface area (Å²) in [5, 5.41) is 7.72. The van der Waals surface area contributed by atoms with Gasteiger partial charge in [0.15, 0.2) is 0 Å². The number of anilines is 2. The lowest BCUT2D eigenvalue weighted by molar-refractivity contribution is 0.686. The number of nitrogen functional groups attached to an aromatic ring is 1. The molecule has 0 saturated carbocycles. The number of halogens is 1. The summed E-state index contributed by atoms with van der Waals surface area (Å²) in [6.45, 7) is 1.37. The van der Waals surface area contributed by atoms with Crippen LogP contribution in [0.2, 0.25) is 5.15 Å². The fourth-order valence-electron chi connectivity index (χ4n) is 2.14. The second-order valence-corrected chi connectivity index (χ2v) is 5.20. The highest BCUT2D eigenvalue weighted by atomic mass is 35.5. The van der Waals surface area contributed by atoms with E-state index in [1.807, 2.05) is 29.1 Å². The molecule has 0 saturated heterocycles. The number of nitrogens with one attached hydrogen (secondary N) is 1. The van der Waals surface area contributed by atoms with Crippen molar-refractivity contribution in [1.29, 1.82) is 0 Å². The fourth-order valence-corrected chi connectivity index (χ4v) is 2.33. The minimum absolute atomic E-state index is 0.155. The molecular formula is C15H15ClN6. The Balaban J connectivity index is 1.67. The maximum absolute atomic E-state index is 5.86. The molecule has 2 heterocycles. The second kappa shape index (κ2) is 6.44. The van der Waals surface area contributed by atoms with Crippen molar-refractivity contribution in [3.05, 3.63) is 65.1 Å². The summed E-state index contributed by atoms with van der Waals surface area (Å²) in [4.78, 5) is 7.92. The third-order valence-corrected chi connectivity index (χ3v) is 3.27. The quantitative estimate of drug-likeness (QED) is 0.707. The summed E-state index contributed by atoms with van der Waals surface area (Å²) in [5.74, 6) is 0.761. The number of hydrogen-bond acceptors (Lipinski definition) is 5. The van der Waals surface area contributed by atoms with Gasteiger partial charge in [-0.1, -0.05) is 35.9 Å². The summed E-state index contributed by atoms with van der Waals surface area (Å²) < 4.78 is 1.89. The van der Waals surface area contributed by atoms with Gasteiger partial charge in [-0.3, -0.25) is 4.68 Å². The lowest BCUT2D eigenvalue weighted by Crippen LogP contribution is -2.05. The van der Waals surface area contributed by atoms with Gasteiger partial charge in [-0.25, -0.2) is 4.98 Å². The first-order valence-electron chi connectivity index (χ1n) is 6.78. The van der Waals surface area contributed by atoms with Gasteiger partial charge in [0.2, 0.25) is 5.95 Å². The van der Waals surface area contributed by atoms with E-state index in [9.17, 15) is 0 Å². The molecule has 3 N–H and O–H groups in total. The molecule has 0 aliphatic carbocycles. The maximum atomic E-state index is 5.86. The first kappa shape index (κ1) is 14.3. The van der Waals surface area contributed by atoms with Crippen LogP contribution in [0.15, 0.2) is 48.8 Å². The third kappa shape index (κ3) is 3.73. The molecule has 0 aliphatic heterocycles. The van der Waals surface area contributed by atoms with Gasteiger partial charge in [0, 0.05) is 25.0 Å². The molecule has 1 aromatic carbocycles. The average molecular weight is 315 g/mol. The molecule has 2 aromatic heterocycles. The monoisotopic (exact) mass is 314 g/mol. The van der Waals surface area contributed by atoms with E-state index in [1.54, 1.807) is 12.3 Å². The van der Waals surface area contributed by atoms with E-state index in [2.05, 4.69) is 32.5 Å². The van der Waals surface area contributed by atoms with Crippen molar-refractivity contribution in [3.63, 3.8) is 0 Å². The Morgan fingerprint density at radius 1 is 1.14 bits per heavy atom. The molecule has 112 valence electrons. The fraction of sp³-hybridized carbons (Fsp3) is 0.133. The second-order valence-electron chi connectivity index (χ2n) is 4.81. The molecule has 0 radical (unpaired) electrons. The number of benzene rings is 1. The van der Waals surface area contributed by atoms with Gasteiger partial charge in [0.05, 0.1) is 6.54 Å². The first-order valence-corrected chi connectivity index (χ1v) is 7.16. The Morgan fingerprint density at radius 2 is 2.00 bits per heavy atom. The van der Waals surface area contributed by atoms with Crippen molar-refractivity contribution in [1.82, 2.24) is 19.7 Å².